The van der Waals surface area contributed by atoms with Gasteiger partial charge in [-0.05, 0) is 25.1 Å². The Labute approximate surface area is 108 Å². The van der Waals surface area contributed by atoms with Gasteiger partial charge in [0.1, 0.15) is 10.8 Å². The van der Waals surface area contributed by atoms with Crippen LogP contribution in [0.5, 0.6) is 0 Å². The number of hydrogen-bond donors (Lipinski definition) is 2. The number of imidazole rings is 1. The average molecular weight is 261 g/mol. The number of hydrogen-bond acceptors (Lipinski definition) is 4. The molecule has 0 bridgehead atoms. The lowest BCUT2D eigenvalue weighted by Gasteiger charge is -1.95. The van der Waals surface area contributed by atoms with Gasteiger partial charge in [0.05, 0.1) is 16.7 Å². The number of fused-ring (bicyclic) bond motifs is 1. The number of thiol groups is 1. The third-order valence-electron chi connectivity index (χ3n) is 2.56. The first-order chi connectivity index (χ1) is 8.26. The Morgan fingerprint density at radius 3 is 3.00 bits per heavy atom. The Bertz CT molecular complexity index is 669. The van der Waals surface area contributed by atoms with E-state index in [1.807, 2.05) is 18.4 Å². The highest BCUT2D eigenvalue weighted by atomic mass is 32.1. The molecule has 2 heterocycles. The number of rotatable bonds is 2. The summed E-state index contributed by atoms with van der Waals surface area (Å²) in [6, 6.07) is 6.18. The van der Waals surface area contributed by atoms with Crippen molar-refractivity contribution in [2.24, 2.45) is 0 Å². The van der Waals surface area contributed by atoms with E-state index in [1.165, 1.54) is 0 Å². The van der Waals surface area contributed by atoms with Crippen molar-refractivity contribution in [3.05, 3.63) is 35.1 Å². The Hall–Kier alpha value is -1.33. The second kappa shape index (κ2) is 4.16. The third-order valence-corrected chi connectivity index (χ3v) is 3.83. The third kappa shape index (κ3) is 1.96. The standard InChI is InChI=1S/C12H11N3S2/c1-7-13-10-3-2-8(4-11(10)14-7)12-15-9(5-16)6-17-12/h2-4,6,16H,5H2,1H3,(H,13,14). The van der Waals surface area contributed by atoms with Crippen LogP contribution in [0.3, 0.4) is 0 Å². The van der Waals surface area contributed by atoms with E-state index in [-0.39, 0.29) is 0 Å². The average Bonchev–Trinajstić information content (AvgIpc) is 2.92. The van der Waals surface area contributed by atoms with Gasteiger partial charge < -0.3 is 4.98 Å². The smallest absolute Gasteiger partial charge is 0.123 e. The van der Waals surface area contributed by atoms with Crippen LogP contribution in [0.15, 0.2) is 23.6 Å². The van der Waals surface area contributed by atoms with Gasteiger partial charge in [0.15, 0.2) is 0 Å². The van der Waals surface area contributed by atoms with Crippen LogP contribution in [-0.2, 0) is 5.75 Å². The lowest BCUT2D eigenvalue weighted by Crippen LogP contribution is -1.80. The molecule has 3 nitrogen and oxygen atoms in total. The van der Waals surface area contributed by atoms with Gasteiger partial charge in [-0.2, -0.15) is 12.6 Å². The first-order valence-electron chi connectivity index (χ1n) is 5.28. The normalized spacial score (nSPS) is 11.2. The summed E-state index contributed by atoms with van der Waals surface area (Å²) in [6.45, 7) is 1.96. The molecule has 0 fully saturated rings. The Morgan fingerprint density at radius 1 is 1.35 bits per heavy atom. The zero-order valence-corrected chi connectivity index (χ0v) is 11.0. The van der Waals surface area contributed by atoms with Crippen LogP contribution < -0.4 is 0 Å². The lowest BCUT2D eigenvalue weighted by molar-refractivity contribution is 1.17. The molecule has 0 aliphatic carbocycles. The molecule has 17 heavy (non-hydrogen) atoms. The van der Waals surface area contributed by atoms with E-state index in [0.717, 1.165) is 33.1 Å². The van der Waals surface area contributed by atoms with Crippen LogP contribution in [0.2, 0.25) is 0 Å². The molecule has 1 N–H and O–H groups in total. The van der Waals surface area contributed by atoms with Gasteiger partial charge in [-0.25, -0.2) is 9.97 Å². The van der Waals surface area contributed by atoms with Crippen LogP contribution in [-0.4, -0.2) is 15.0 Å². The summed E-state index contributed by atoms with van der Waals surface area (Å²) in [5, 5.41) is 3.08. The number of aromatic nitrogens is 3. The van der Waals surface area contributed by atoms with Crippen LogP contribution in [0.25, 0.3) is 21.6 Å². The van der Waals surface area contributed by atoms with Gasteiger partial charge >= 0.3 is 0 Å². The maximum absolute atomic E-state index is 4.52. The van der Waals surface area contributed by atoms with Gasteiger partial charge in [0.2, 0.25) is 0 Å². The molecule has 86 valence electrons. The monoisotopic (exact) mass is 261 g/mol. The van der Waals surface area contributed by atoms with Gasteiger partial charge in [-0.1, -0.05) is 0 Å². The maximum atomic E-state index is 4.52. The summed E-state index contributed by atoms with van der Waals surface area (Å²) in [4.78, 5) is 12.1. The molecule has 0 aliphatic rings. The van der Waals surface area contributed by atoms with Crippen molar-refractivity contribution >= 4 is 35.0 Å². The van der Waals surface area contributed by atoms with E-state index in [0.29, 0.717) is 5.75 Å². The van der Waals surface area contributed by atoms with Gasteiger partial charge in [-0.3, -0.25) is 0 Å². The Morgan fingerprint density at radius 2 is 2.24 bits per heavy atom. The summed E-state index contributed by atoms with van der Waals surface area (Å²) in [6.07, 6.45) is 0. The highest BCUT2D eigenvalue weighted by molar-refractivity contribution is 7.79. The fourth-order valence-electron chi connectivity index (χ4n) is 1.78. The minimum absolute atomic E-state index is 0.682. The molecule has 0 amide bonds. The highest BCUT2D eigenvalue weighted by Crippen LogP contribution is 2.26. The van der Waals surface area contributed by atoms with Crippen molar-refractivity contribution in [3.63, 3.8) is 0 Å². The first-order valence-corrected chi connectivity index (χ1v) is 6.79. The van der Waals surface area contributed by atoms with Crippen molar-refractivity contribution in [2.45, 2.75) is 12.7 Å². The van der Waals surface area contributed by atoms with E-state index in [2.05, 4.69) is 39.7 Å². The summed E-state index contributed by atoms with van der Waals surface area (Å²) >= 11 is 5.87. The first kappa shape index (κ1) is 10.8. The number of aromatic amines is 1. The molecule has 2 aromatic heterocycles. The quantitative estimate of drug-likeness (QED) is 0.694. The summed E-state index contributed by atoms with van der Waals surface area (Å²) in [5.41, 5.74) is 4.20. The van der Waals surface area contributed by atoms with Crippen LogP contribution >= 0.6 is 24.0 Å². The predicted molar refractivity (Wildman–Crippen MR) is 74.6 cm³/mol. The molecule has 0 aliphatic heterocycles. The van der Waals surface area contributed by atoms with Crippen LogP contribution in [0.4, 0.5) is 0 Å². The predicted octanol–water partition coefficient (Wildman–Crippen LogP) is 3.42. The summed E-state index contributed by atoms with van der Waals surface area (Å²) < 4.78 is 0. The van der Waals surface area contributed by atoms with E-state index in [4.69, 9.17) is 0 Å². The largest absolute Gasteiger partial charge is 0.342 e. The van der Waals surface area contributed by atoms with Gasteiger partial charge in [-0.15, -0.1) is 11.3 Å². The number of nitrogens with zero attached hydrogens (tertiary/aromatic N) is 2. The zero-order chi connectivity index (χ0) is 11.8. The molecule has 0 saturated heterocycles. The molecule has 5 heteroatoms. The van der Waals surface area contributed by atoms with E-state index in [1.54, 1.807) is 11.3 Å². The summed E-state index contributed by atoms with van der Waals surface area (Å²) in [7, 11) is 0. The number of thiazole rings is 1. The van der Waals surface area contributed by atoms with Crippen molar-refractivity contribution in [1.82, 2.24) is 15.0 Å². The fraction of sp³-hybridized carbons (Fsp3) is 0.167. The van der Waals surface area contributed by atoms with E-state index >= 15 is 0 Å². The van der Waals surface area contributed by atoms with Crippen molar-refractivity contribution in [1.29, 1.82) is 0 Å². The number of benzene rings is 1. The fourth-order valence-corrected chi connectivity index (χ4v) is 2.88. The molecule has 0 spiro atoms. The molecule has 1 aromatic carbocycles. The molecule has 3 aromatic rings. The molecule has 0 radical (unpaired) electrons. The molecule has 0 saturated carbocycles. The second-order valence-corrected chi connectivity index (χ2v) is 5.03. The molecular formula is C12H11N3S2. The molecule has 3 rings (SSSR count). The molecule has 0 atom stereocenters. The van der Waals surface area contributed by atoms with E-state index in [9.17, 15) is 0 Å². The van der Waals surface area contributed by atoms with Crippen molar-refractivity contribution < 1.29 is 0 Å². The van der Waals surface area contributed by atoms with Crippen LogP contribution in [0, 0.1) is 6.92 Å². The SMILES string of the molecule is Cc1nc2ccc(-c3nc(CS)cs3)cc2[nH]1. The number of H-pyrrole nitrogens is 1. The molecular weight excluding hydrogens is 250 g/mol. The maximum Gasteiger partial charge on any atom is 0.123 e. The minimum Gasteiger partial charge on any atom is -0.342 e. The van der Waals surface area contributed by atoms with Gasteiger partial charge in [0, 0.05) is 16.7 Å². The summed E-state index contributed by atoms with van der Waals surface area (Å²) in [5.74, 6) is 1.62. The second-order valence-electron chi connectivity index (χ2n) is 3.86. The van der Waals surface area contributed by atoms with Crippen LogP contribution in [0.1, 0.15) is 11.5 Å². The van der Waals surface area contributed by atoms with Crippen molar-refractivity contribution in [3.8, 4) is 10.6 Å². The number of aryl methyl sites for hydroxylation is 1. The van der Waals surface area contributed by atoms with Gasteiger partial charge in [0.25, 0.3) is 0 Å². The molecule has 0 unspecified atom stereocenters. The lowest BCUT2D eigenvalue weighted by atomic mass is 10.2. The zero-order valence-electron chi connectivity index (χ0n) is 9.27. The topological polar surface area (TPSA) is 41.6 Å². The Balaban J connectivity index is 2.10. The Kier molecular flexibility index (Phi) is 2.64. The van der Waals surface area contributed by atoms with Crippen molar-refractivity contribution in [2.75, 3.05) is 0 Å². The van der Waals surface area contributed by atoms with E-state index < -0.39 is 0 Å². The highest BCUT2D eigenvalue weighted by Gasteiger charge is 2.06. The minimum atomic E-state index is 0.682. The number of nitrogens with one attached hydrogen (secondary N) is 1.